The van der Waals surface area contributed by atoms with Crippen molar-refractivity contribution in [2.75, 3.05) is 11.7 Å². The van der Waals surface area contributed by atoms with Crippen LogP contribution in [0.3, 0.4) is 0 Å². The molecule has 1 heterocycles. The Bertz CT molecular complexity index is 1320. The fourth-order valence-corrected chi connectivity index (χ4v) is 5.86. The van der Waals surface area contributed by atoms with Gasteiger partial charge in [0.2, 0.25) is 0 Å². The number of carboxylic acids is 1. The average molecular weight is 643 g/mol. The summed E-state index contributed by atoms with van der Waals surface area (Å²) >= 11 is -1.22. The van der Waals surface area contributed by atoms with Crippen molar-refractivity contribution in [3.8, 4) is 0 Å². The predicted molar refractivity (Wildman–Crippen MR) is 151 cm³/mol. The van der Waals surface area contributed by atoms with E-state index in [1.165, 1.54) is 6.92 Å². The van der Waals surface area contributed by atoms with Gasteiger partial charge in [0, 0.05) is 0 Å². The third-order valence-corrected chi connectivity index (χ3v) is 9.34. The third kappa shape index (κ3) is 9.25. The van der Waals surface area contributed by atoms with Crippen molar-refractivity contribution >= 4 is 55.7 Å². The number of carbonyl (C=O) groups excluding carboxylic acids is 5. The number of carbonyl (C=O) groups is 6. The van der Waals surface area contributed by atoms with Gasteiger partial charge in [-0.15, -0.1) is 0 Å². The molecule has 1 aliphatic heterocycles. The topological polar surface area (TPSA) is 168 Å². The molecule has 223 valence electrons. The summed E-state index contributed by atoms with van der Waals surface area (Å²) in [4.78, 5) is 80.3. The SMILES string of the molecule is CC(NC(=O)C([As]C(=O)OCc1ccccc1)C(C)C)C(=O)NC(CC(=O)O)C(=O)CON1C(=O)Cc2ccccc21. The zero-order chi connectivity index (χ0) is 30.8. The molecule has 2 aromatic carbocycles. The van der Waals surface area contributed by atoms with Gasteiger partial charge in [-0.3, -0.25) is 4.79 Å². The first-order chi connectivity index (χ1) is 20.0. The molecule has 12 nitrogen and oxygen atoms in total. The molecule has 42 heavy (non-hydrogen) atoms. The van der Waals surface area contributed by atoms with E-state index in [9.17, 15) is 33.9 Å². The Labute approximate surface area is 249 Å². The van der Waals surface area contributed by atoms with E-state index in [0.29, 0.717) is 5.69 Å². The second-order valence-electron chi connectivity index (χ2n) is 9.98. The Hall–Kier alpha value is -4.02. The molecule has 0 saturated heterocycles. The Morgan fingerprint density at radius 2 is 1.62 bits per heavy atom. The molecule has 3 N–H and O–H groups in total. The fourth-order valence-electron chi connectivity index (χ4n) is 4.06. The molecule has 3 rings (SSSR count). The fraction of sp³-hybridized carbons (Fsp3) is 0.379. The quantitative estimate of drug-likeness (QED) is 0.246. The number of aliphatic carboxylic acids is 1. The number of Topliss-reactive ketones (excluding diaryl/α,β-unsaturated/α-hetero) is 1. The van der Waals surface area contributed by atoms with Crippen LogP contribution in [-0.2, 0) is 46.6 Å². The first kappa shape index (κ1) is 32.5. The van der Waals surface area contributed by atoms with E-state index in [0.717, 1.165) is 16.2 Å². The number of hydrogen-bond donors (Lipinski definition) is 3. The normalized spacial score (nSPS) is 14.8. The molecule has 3 amide bonds. The van der Waals surface area contributed by atoms with Crippen molar-refractivity contribution in [3.05, 3.63) is 65.7 Å². The van der Waals surface area contributed by atoms with E-state index in [2.05, 4.69) is 10.6 Å². The molecule has 13 heteroatoms. The van der Waals surface area contributed by atoms with Crippen LogP contribution < -0.4 is 15.7 Å². The second-order valence-corrected chi connectivity index (χ2v) is 12.5. The first-order valence-electron chi connectivity index (χ1n) is 13.3. The predicted octanol–water partition coefficient (Wildman–Crippen LogP) is 2.03. The van der Waals surface area contributed by atoms with Gasteiger partial charge in [-0.05, 0) is 11.6 Å². The number of hydroxylamine groups is 1. The Kier molecular flexibility index (Phi) is 11.8. The van der Waals surface area contributed by atoms with Gasteiger partial charge < -0.3 is 0 Å². The van der Waals surface area contributed by atoms with Gasteiger partial charge in [0.25, 0.3) is 0 Å². The summed E-state index contributed by atoms with van der Waals surface area (Å²) in [7, 11) is 0. The minimum absolute atomic E-state index is 0.0850. The molecular formula is C29H33AsN3O9. The van der Waals surface area contributed by atoms with Gasteiger partial charge in [0.1, 0.15) is 0 Å². The standard InChI is InChI=1S/C29H33AsN3O9/c1-17(2)26(30-29(40)41-15-19-9-5-4-6-10-19)28(39)31-18(3)27(38)32-21(14-25(36)37)23(34)16-42-33-22-12-8-7-11-20(22)13-24(33)35/h4-12,17-18,21,26H,13-16H2,1-3H3,(H,31,39)(H,32,38)(H,36,37). The van der Waals surface area contributed by atoms with Crippen LogP contribution in [0.2, 0.25) is 4.71 Å². The third-order valence-electron chi connectivity index (χ3n) is 6.30. The van der Waals surface area contributed by atoms with Crippen LogP contribution in [0.1, 0.15) is 38.3 Å². The van der Waals surface area contributed by atoms with Gasteiger partial charge in [-0.2, -0.15) is 0 Å². The zero-order valence-corrected chi connectivity index (χ0v) is 25.3. The summed E-state index contributed by atoms with van der Waals surface area (Å²) in [5.74, 6) is -4.04. The number of amides is 3. The molecule has 0 spiro atoms. The smallest absolute Gasteiger partial charge is 0.272 e. The van der Waals surface area contributed by atoms with Crippen molar-refractivity contribution in [1.29, 1.82) is 0 Å². The molecular weight excluding hydrogens is 609 g/mol. The number of carboxylic acid groups (broad SMARTS) is 1. The monoisotopic (exact) mass is 642 g/mol. The molecule has 0 aromatic heterocycles. The van der Waals surface area contributed by atoms with Gasteiger partial charge in [0.15, 0.2) is 0 Å². The Morgan fingerprint density at radius 1 is 0.952 bits per heavy atom. The van der Waals surface area contributed by atoms with E-state index < -0.39 is 73.9 Å². The van der Waals surface area contributed by atoms with Gasteiger partial charge in [-0.1, -0.05) is 18.2 Å². The van der Waals surface area contributed by atoms with Gasteiger partial charge in [-0.25, -0.2) is 0 Å². The molecule has 0 saturated carbocycles. The van der Waals surface area contributed by atoms with E-state index in [1.807, 2.05) is 30.3 Å². The van der Waals surface area contributed by atoms with Crippen molar-refractivity contribution in [2.24, 2.45) is 5.92 Å². The van der Waals surface area contributed by atoms with E-state index in [1.54, 1.807) is 38.1 Å². The number of hydrogen-bond acceptors (Lipinski definition) is 8. The number of para-hydroxylation sites is 1. The number of ketones is 1. The van der Waals surface area contributed by atoms with Crippen molar-refractivity contribution in [1.82, 2.24) is 10.6 Å². The van der Waals surface area contributed by atoms with Crippen LogP contribution in [0.15, 0.2) is 54.6 Å². The number of nitrogens with one attached hydrogen (secondary N) is 2. The number of fused-ring (bicyclic) bond motifs is 1. The van der Waals surface area contributed by atoms with E-state index in [-0.39, 0.29) is 24.9 Å². The van der Waals surface area contributed by atoms with Crippen molar-refractivity contribution in [2.45, 2.75) is 57.0 Å². The molecule has 3 atom stereocenters. The summed E-state index contributed by atoms with van der Waals surface area (Å²) in [6.45, 7) is 4.36. The van der Waals surface area contributed by atoms with Gasteiger partial charge >= 0.3 is 209 Å². The summed E-state index contributed by atoms with van der Waals surface area (Å²) < 4.78 is 4.14. The molecule has 1 aliphatic rings. The molecule has 0 bridgehead atoms. The summed E-state index contributed by atoms with van der Waals surface area (Å²) in [5.41, 5.74) is 2.02. The number of benzene rings is 2. The van der Waals surface area contributed by atoms with Crippen LogP contribution in [-0.4, -0.2) is 73.8 Å². The van der Waals surface area contributed by atoms with Crippen LogP contribution in [0.25, 0.3) is 0 Å². The molecule has 3 unspecified atom stereocenters. The minimum atomic E-state index is -1.47. The number of nitrogens with zero attached hydrogens (tertiary/aromatic N) is 1. The van der Waals surface area contributed by atoms with Crippen molar-refractivity contribution in [3.63, 3.8) is 0 Å². The Balaban J connectivity index is 1.55. The molecule has 0 fully saturated rings. The van der Waals surface area contributed by atoms with Crippen LogP contribution in [0.5, 0.6) is 0 Å². The van der Waals surface area contributed by atoms with Crippen LogP contribution >= 0.6 is 0 Å². The molecule has 2 aromatic rings. The van der Waals surface area contributed by atoms with E-state index in [4.69, 9.17) is 9.57 Å². The number of ether oxygens (including phenoxy) is 1. The first-order valence-corrected chi connectivity index (χ1v) is 15.3. The van der Waals surface area contributed by atoms with Crippen LogP contribution in [0, 0.1) is 5.92 Å². The van der Waals surface area contributed by atoms with Crippen molar-refractivity contribution < 1.29 is 43.4 Å². The zero-order valence-electron chi connectivity index (χ0n) is 23.4. The Morgan fingerprint density at radius 3 is 2.29 bits per heavy atom. The minimum Gasteiger partial charge on any atom is -0.272 e. The number of anilines is 1. The van der Waals surface area contributed by atoms with Gasteiger partial charge in [0.05, 0.1) is 6.42 Å². The van der Waals surface area contributed by atoms with E-state index >= 15 is 0 Å². The summed E-state index contributed by atoms with van der Waals surface area (Å²) in [5, 5.41) is 15.2. The second kappa shape index (κ2) is 15.3. The average Bonchev–Trinajstić information content (AvgIpc) is 3.27. The summed E-state index contributed by atoms with van der Waals surface area (Å²) in [6.07, 6.45) is -0.632. The maximum absolute atomic E-state index is 13.0. The summed E-state index contributed by atoms with van der Waals surface area (Å²) in [6, 6.07) is 13.4. The van der Waals surface area contributed by atoms with Crippen LogP contribution in [0.4, 0.5) is 10.5 Å². The maximum atomic E-state index is 13.0. The molecule has 1 radical (unpaired) electrons. The molecule has 0 aliphatic carbocycles. The number of rotatable bonds is 15.